The smallest absolute Gasteiger partial charge is 0.257 e. The summed E-state index contributed by atoms with van der Waals surface area (Å²) in [5.74, 6) is -1.14. The highest BCUT2D eigenvalue weighted by molar-refractivity contribution is 7.80. The number of hydrogen-bond donors (Lipinski definition) is 3. The second-order valence-corrected chi connectivity index (χ2v) is 6.00. The molecule has 130 valence electrons. The molecule has 0 radical (unpaired) electrons. The number of carbonyl (C=O) groups excluding carboxylic acids is 2. The molecular weight excluding hydrogens is 341 g/mol. The van der Waals surface area contributed by atoms with Crippen LogP contribution in [0.15, 0.2) is 48.5 Å². The number of carbonyl (C=O) groups is 2. The average Bonchev–Trinajstić information content (AvgIpc) is 2.55. The third-order valence-electron chi connectivity index (χ3n) is 3.17. The van der Waals surface area contributed by atoms with E-state index in [1.165, 1.54) is 24.3 Å². The molecule has 0 aliphatic rings. The molecule has 0 saturated heterocycles. The first-order valence-electron chi connectivity index (χ1n) is 7.64. The topological polar surface area (TPSA) is 70.2 Å². The lowest BCUT2D eigenvalue weighted by molar-refractivity contribution is 0.0942. The molecule has 0 spiro atoms. The Hall–Kier alpha value is -2.80. The van der Waals surface area contributed by atoms with Crippen molar-refractivity contribution in [2.24, 2.45) is 0 Å². The van der Waals surface area contributed by atoms with Gasteiger partial charge in [-0.15, -0.1) is 0 Å². The summed E-state index contributed by atoms with van der Waals surface area (Å²) < 4.78 is 12.9. The minimum Gasteiger partial charge on any atom is -0.350 e. The summed E-state index contributed by atoms with van der Waals surface area (Å²) in [6.45, 7) is 3.73. The summed E-state index contributed by atoms with van der Waals surface area (Å²) in [6.07, 6.45) is 0. The highest BCUT2D eigenvalue weighted by Crippen LogP contribution is 2.15. The number of halogens is 1. The second kappa shape index (κ2) is 8.34. The van der Waals surface area contributed by atoms with Crippen molar-refractivity contribution in [3.05, 3.63) is 65.5 Å². The molecule has 2 rings (SSSR count). The van der Waals surface area contributed by atoms with Gasteiger partial charge in [-0.25, -0.2) is 4.39 Å². The van der Waals surface area contributed by atoms with Crippen LogP contribution in [0.1, 0.15) is 34.6 Å². The average molecular weight is 359 g/mol. The Kier molecular flexibility index (Phi) is 6.19. The fraction of sp³-hybridized carbons (Fsp3) is 0.167. The molecule has 5 nitrogen and oxygen atoms in total. The van der Waals surface area contributed by atoms with E-state index in [1.54, 1.807) is 24.3 Å². The van der Waals surface area contributed by atoms with Gasteiger partial charge in [-0.1, -0.05) is 12.1 Å². The molecule has 2 amide bonds. The third-order valence-corrected chi connectivity index (χ3v) is 3.38. The Morgan fingerprint density at radius 2 is 1.64 bits per heavy atom. The van der Waals surface area contributed by atoms with Crippen LogP contribution in [0.3, 0.4) is 0 Å². The fourth-order valence-corrected chi connectivity index (χ4v) is 2.26. The van der Waals surface area contributed by atoms with E-state index in [2.05, 4.69) is 16.0 Å². The van der Waals surface area contributed by atoms with Crippen LogP contribution in [0.5, 0.6) is 0 Å². The number of thiocarbonyl (C=S) groups is 1. The summed E-state index contributed by atoms with van der Waals surface area (Å²) in [4.78, 5) is 24.3. The van der Waals surface area contributed by atoms with Crippen molar-refractivity contribution in [3.8, 4) is 0 Å². The van der Waals surface area contributed by atoms with E-state index in [9.17, 15) is 14.0 Å². The van der Waals surface area contributed by atoms with Crippen molar-refractivity contribution in [2.75, 3.05) is 5.32 Å². The zero-order valence-electron chi connectivity index (χ0n) is 13.8. The zero-order valence-corrected chi connectivity index (χ0v) is 14.6. The molecule has 0 heterocycles. The standard InChI is InChI=1S/C18H18FN3O2S/c1-11(2)20-17(24)14-5-3-4-6-15(14)21-18(25)22-16(23)12-7-9-13(19)10-8-12/h3-11H,1-2H3,(H,20,24)(H2,21,22,23,25). The molecule has 0 unspecified atom stereocenters. The third kappa shape index (κ3) is 5.36. The Morgan fingerprint density at radius 1 is 1.00 bits per heavy atom. The number of benzene rings is 2. The predicted octanol–water partition coefficient (Wildman–Crippen LogP) is 3.09. The van der Waals surface area contributed by atoms with Crippen LogP contribution in [-0.2, 0) is 0 Å². The summed E-state index contributed by atoms with van der Waals surface area (Å²) in [5.41, 5.74) is 1.16. The summed E-state index contributed by atoms with van der Waals surface area (Å²) in [7, 11) is 0. The van der Waals surface area contributed by atoms with E-state index in [0.29, 0.717) is 11.3 Å². The van der Waals surface area contributed by atoms with Gasteiger partial charge in [-0.3, -0.25) is 14.9 Å². The van der Waals surface area contributed by atoms with Gasteiger partial charge in [0.2, 0.25) is 0 Å². The quantitative estimate of drug-likeness (QED) is 0.734. The highest BCUT2D eigenvalue weighted by atomic mass is 32.1. The molecule has 25 heavy (non-hydrogen) atoms. The summed E-state index contributed by atoms with van der Waals surface area (Å²) in [5, 5.41) is 8.18. The molecule has 0 saturated carbocycles. The molecular formula is C18H18FN3O2S. The molecule has 0 aromatic heterocycles. The van der Waals surface area contributed by atoms with Gasteiger partial charge in [-0.2, -0.15) is 0 Å². The lowest BCUT2D eigenvalue weighted by Gasteiger charge is -2.14. The van der Waals surface area contributed by atoms with E-state index in [1.807, 2.05) is 13.8 Å². The minimum atomic E-state index is -0.471. The maximum Gasteiger partial charge on any atom is 0.257 e. The first-order valence-corrected chi connectivity index (χ1v) is 8.05. The molecule has 2 aromatic carbocycles. The van der Waals surface area contributed by atoms with Gasteiger partial charge in [-0.05, 0) is 62.5 Å². The van der Waals surface area contributed by atoms with E-state index in [-0.39, 0.29) is 22.6 Å². The van der Waals surface area contributed by atoms with Crippen molar-refractivity contribution in [1.82, 2.24) is 10.6 Å². The van der Waals surface area contributed by atoms with Gasteiger partial charge in [0.25, 0.3) is 11.8 Å². The van der Waals surface area contributed by atoms with Crippen LogP contribution >= 0.6 is 12.2 Å². The number of nitrogens with one attached hydrogen (secondary N) is 3. The molecule has 2 aromatic rings. The van der Waals surface area contributed by atoms with Crippen molar-refractivity contribution in [2.45, 2.75) is 19.9 Å². The Labute approximate surface area is 150 Å². The van der Waals surface area contributed by atoms with Gasteiger partial charge in [0.15, 0.2) is 5.11 Å². The molecule has 3 N–H and O–H groups in total. The Morgan fingerprint density at radius 3 is 2.28 bits per heavy atom. The van der Waals surface area contributed by atoms with E-state index >= 15 is 0 Å². The van der Waals surface area contributed by atoms with Gasteiger partial charge in [0, 0.05) is 11.6 Å². The first-order chi connectivity index (χ1) is 11.9. The number of rotatable bonds is 4. The SMILES string of the molecule is CC(C)NC(=O)c1ccccc1NC(=S)NC(=O)c1ccc(F)cc1. The largest absolute Gasteiger partial charge is 0.350 e. The second-order valence-electron chi connectivity index (χ2n) is 5.59. The van der Waals surface area contributed by atoms with Crippen LogP contribution in [0.4, 0.5) is 10.1 Å². The Bertz CT molecular complexity index is 791. The summed E-state index contributed by atoms with van der Waals surface area (Å²) >= 11 is 5.12. The maximum atomic E-state index is 12.9. The van der Waals surface area contributed by atoms with Gasteiger partial charge < -0.3 is 10.6 Å². The van der Waals surface area contributed by atoms with Gasteiger partial charge in [0.1, 0.15) is 5.82 Å². The minimum absolute atomic E-state index is 0.00862. The van der Waals surface area contributed by atoms with Crippen molar-refractivity contribution in [1.29, 1.82) is 0 Å². The fourth-order valence-electron chi connectivity index (χ4n) is 2.06. The normalized spacial score (nSPS) is 10.2. The molecule has 0 bridgehead atoms. The number of para-hydroxylation sites is 1. The van der Waals surface area contributed by atoms with E-state index < -0.39 is 11.7 Å². The number of amides is 2. The summed E-state index contributed by atoms with van der Waals surface area (Å²) in [6, 6.07) is 11.9. The molecule has 7 heteroatoms. The zero-order chi connectivity index (χ0) is 18.4. The van der Waals surface area contributed by atoms with E-state index in [0.717, 1.165) is 0 Å². The molecule has 0 atom stereocenters. The van der Waals surface area contributed by atoms with Crippen LogP contribution < -0.4 is 16.0 Å². The number of hydrogen-bond acceptors (Lipinski definition) is 3. The van der Waals surface area contributed by atoms with Crippen LogP contribution in [0, 0.1) is 5.82 Å². The maximum absolute atomic E-state index is 12.9. The van der Waals surface area contributed by atoms with Crippen LogP contribution in [0.25, 0.3) is 0 Å². The first kappa shape index (κ1) is 18.5. The molecule has 0 aliphatic carbocycles. The van der Waals surface area contributed by atoms with Gasteiger partial charge in [0.05, 0.1) is 11.3 Å². The lowest BCUT2D eigenvalue weighted by atomic mass is 10.1. The Balaban J connectivity index is 2.06. The highest BCUT2D eigenvalue weighted by Gasteiger charge is 2.14. The molecule has 0 fully saturated rings. The molecule has 0 aliphatic heterocycles. The van der Waals surface area contributed by atoms with Crippen molar-refractivity contribution < 1.29 is 14.0 Å². The number of anilines is 1. The van der Waals surface area contributed by atoms with Crippen LogP contribution in [0.2, 0.25) is 0 Å². The van der Waals surface area contributed by atoms with E-state index in [4.69, 9.17) is 12.2 Å². The lowest BCUT2D eigenvalue weighted by Crippen LogP contribution is -2.35. The van der Waals surface area contributed by atoms with Crippen LogP contribution in [-0.4, -0.2) is 23.0 Å². The predicted molar refractivity (Wildman–Crippen MR) is 99.1 cm³/mol. The van der Waals surface area contributed by atoms with Gasteiger partial charge >= 0.3 is 0 Å². The monoisotopic (exact) mass is 359 g/mol. The van der Waals surface area contributed by atoms with Crippen molar-refractivity contribution >= 4 is 34.8 Å². The van der Waals surface area contributed by atoms with Crippen molar-refractivity contribution in [3.63, 3.8) is 0 Å².